The fourth-order valence-electron chi connectivity index (χ4n) is 5.02. The standard InChI is InChI=1S/C26H34Cl2N4O/c1-20(22-7-3-2-4-8-22)17-31-11-5-6-21(19-31)18-30-12-14-32(15-13-30)26(33)29-23-9-10-24(27)25(28)16-23/h2-4,7-10,16,20-21H,5-6,11-15,17-19H2,1H3,(H,29,33)/t20?,21-/m0/s1. The minimum Gasteiger partial charge on any atom is -0.322 e. The number of rotatable bonds is 6. The largest absolute Gasteiger partial charge is 0.322 e. The lowest BCUT2D eigenvalue weighted by atomic mass is 9.94. The van der Waals surface area contributed by atoms with E-state index in [1.807, 2.05) is 4.90 Å². The predicted molar refractivity (Wildman–Crippen MR) is 138 cm³/mol. The number of nitrogens with one attached hydrogen (secondary N) is 1. The van der Waals surface area contributed by atoms with Crippen molar-refractivity contribution in [3.05, 3.63) is 64.1 Å². The molecule has 2 aromatic carbocycles. The van der Waals surface area contributed by atoms with Gasteiger partial charge in [-0.25, -0.2) is 4.79 Å². The van der Waals surface area contributed by atoms with Gasteiger partial charge in [0, 0.05) is 51.5 Å². The number of carbonyl (C=O) groups excluding carboxylic acids is 1. The van der Waals surface area contributed by atoms with Crippen LogP contribution in [0.25, 0.3) is 0 Å². The molecule has 2 aliphatic rings. The Bertz CT molecular complexity index is 918. The van der Waals surface area contributed by atoms with Gasteiger partial charge >= 0.3 is 6.03 Å². The molecular weight excluding hydrogens is 455 g/mol. The highest BCUT2D eigenvalue weighted by molar-refractivity contribution is 6.42. The summed E-state index contributed by atoms with van der Waals surface area (Å²) in [6.07, 6.45) is 2.58. The van der Waals surface area contributed by atoms with Gasteiger partial charge in [0.2, 0.25) is 0 Å². The van der Waals surface area contributed by atoms with Gasteiger partial charge in [-0.05, 0) is 55.0 Å². The van der Waals surface area contributed by atoms with Gasteiger partial charge in [0.15, 0.2) is 0 Å². The average Bonchev–Trinajstić information content (AvgIpc) is 2.83. The van der Waals surface area contributed by atoms with Crippen LogP contribution in [0.1, 0.15) is 31.2 Å². The van der Waals surface area contributed by atoms with E-state index in [4.69, 9.17) is 23.2 Å². The number of hydrogen-bond acceptors (Lipinski definition) is 3. The molecule has 0 radical (unpaired) electrons. The lowest BCUT2D eigenvalue weighted by Gasteiger charge is -2.39. The molecule has 0 aliphatic carbocycles. The number of benzene rings is 2. The van der Waals surface area contributed by atoms with Crippen LogP contribution in [-0.2, 0) is 0 Å². The van der Waals surface area contributed by atoms with E-state index in [9.17, 15) is 4.79 Å². The number of piperidine rings is 1. The Morgan fingerprint density at radius 1 is 1.00 bits per heavy atom. The van der Waals surface area contributed by atoms with Crippen LogP contribution in [-0.4, -0.2) is 73.1 Å². The third kappa shape index (κ3) is 6.86. The number of urea groups is 1. The molecule has 1 N–H and O–H groups in total. The molecule has 0 aromatic heterocycles. The Labute approximate surface area is 207 Å². The summed E-state index contributed by atoms with van der Waals surface area (Å²) in [5.41, 5.74) is 2.10. The topological polar surface area (TPSA) is 38.8 Å². The van der Waals surface area contributed by atoms with E-state index in [0.717, 1.165) is 39.3 Å². The molecule has 4 rings (SSSR count). The number of piperazine rings is 1. The molecule has 1 unspecified atom stereocenters. The Hall–Kier alpha value is -1.79. The van der Waals surface area contributed by atoms with Crippen LogP contribution in [0.2, 0.25) is 10.0 Å². The number of hydrogen-bond donors (Lipinski definition) is 1. The zero-order valence-corrected chi connectivity index (χ0v) is 20.9. The lowest BCUT2D eigenvalue weighted by Crippen LogP contribution is -2.52. The third-order valence-electron chi connectivity index (χ3n) is 6.85. The number of halogens is 2. The maximum atomic E-state index is 12.6. The minimum atomic E-state index is -0.0771. The van der Waals surface area contributed by atoms with Crippen molar-refractivity contribution in [1.29, 1.82) is 0 Å². The van der Waals surface area contributed by atoms with Gasteiger partial charge in [0.1, 0.15) is 0 Å². The minimum absolute atomic E-state index is 0.0771. The Balaban J connectivity index is 1.20. The van der Waals surface area contributed by atoms with E-state index >= 15 is 0 Å². The van der Waals surface area contributed by atoms with Gasteiger partial charge < -0.3 is 15.1 Å². The van der Waals surface area contributed by atoms with Crippen molar-refractivity contribution >= 4 is 34.9 Å². The molecule has 2 aliphatic heterocycles. The summed E-state index contributed by atoms with van der Waals surface area (Å²) in [4.78, 5) is 19.7. The summed E-state index contributed by atoms with van der Waals surface area (Å²) < 4.78 is 0. The highest BCUT2D eigenvalue weighted by atomic mass is 35.5. The van der Waals surface area contributed by atoms with Crippen molar-refractivity contribution in [2.75, 3.05) is 57.7 Å². The quantitative estimate of drug-likeness (QED) is 0.569. The van der Waals surface area contributed by atoms with Crippen molar-refractivity contribution in [2.45, 2.75) is 25.7 Å². The molecule has 2 amide bonds. The summed E-state index contributed by atoms with van der Waals surface area (Å²) >= 11 is 12.0. The molecule has 2 aromatic rings. The molecule has 2 heterocycles. The second-order valence-electron chi connectivity index (χ2n) is 9.43. The number of likely N-dealkylation sites (tertiary alicyclic amines) is 1. The predicted octanol–water partition coefficient (Wildman–Crippen LogP) is 5.66. The number of anilines is 1. The summed E-state index contributed by atoms with van der Waals surface area (Å²) in [5, 5.41) is 3.86. The molecule has 7 heteroatoms. The number of carbonyl (C=O) groups is 1. The molecule has 2 saturated heterocycles. The van der Waals surface area contributed by atoms with Crippen LogP contribution >= 0.6 is 23.2 Å². The fraction of sp³-hybridized carbons (Fsp3) is 0.500. The first-order valence-electron chi connectivity index (χ1n) is 12.0. The summed E-state index contributed by atoms with van der Waals surface area (Å²) in [5.74, 6) is 1.26. The van der Waals surface area contributed by atoms with Crippen molar-refractivity contribution in [3.63, 3.8) is 0 Å². The molecular formula is C26H34Cl2N4O. The second-order valence-corrected chi connectivity index (χ2v) is 10.2. The molecule has 178 valence electrons. The van der Waals surface area contributed by atoms with E-state index < -0.39 is 0 Å². The first-order valence-corrected chi connectivity index (χ1v) is 12.7. The van der Waals surface area contributed by atoms with Gasteiger partial charge in [-0.1, -0.05) is 60.5 Å². The monoisotopic (exact) mass is 488 g/mol. The lowest BCUT2D eigenvalue weighted by molar-refractivity contribution is 0.0991. The second kappa shape index (κ2) is 11.6. The molecule has 2 atom stereocenters. The fourth-order valence-corrected chi connectivity index (χ4v) is 5.31. The van der Waals surface area contributed by atoms with Crippen LogP contribution in [0.5, 0.6) is 0 Å². The zero-order chi connectivity index (χ0) is 23.2. The number of amides is 2. The maximum Gasteiger partial charge on any atom is 0.321 e. The van der Waals surface area contributed by atoms with Gasteiger partial charge in [-0.2, -0.15) is 0 Å². The van der Waals surface area contributed by atoms with Crippen LogP contribution in [0.15, 0.2) is 48.5 Å². The van der Waals surface area contributed by atoms with Crippen LogP contribution in [0.3, 0.4) is 0 Å². The summed E-state index contributed by atoms with van der Waals surface area (Å²) in [7, 11) is 0. The molecule has 5 nitrogen and oxygen atoms in total. The first kappa shape index (κ1) is 24.3. The smallest absolute Gasteiger partial charge is 0.321 e. The molecule has 33 heavy (non-hydrogen) atoms. The normalized spacial score (nSPS) is 21.1. The Kier molecular flexibility index (Phi) is 8.53. The van der Waals surface area contributed by atoms with Gasteiger partial charge in [-0.15, -0.1) is 0 Å². The SMILES string of the molecule is CC(CN1CCC[C@@H](CN2CCN(C(=O)Nc3ccc(Cl)c(Cl)c3)CC2)C1)c1ccccc1. The number of nitrogens with zero attached hydrogens (tertiary/aromatic N) is 3. The van der Waals surface area contributed by atoms with Crippen molar-refractivity contribution < 1.29 is 4.79 Å². The summed E-state index contributed by atoms with van der Waals surface area (Å²) in [6.45, 7) is 10.3. The van der Waals surface area contributed by atoms with Gasteiger partial charge in [0.25, 0.3) is 0 Å². The molecule has 0 saturated carbocycles. The zero-order valence-electron chi connectivity index (χ0n) is 19.4. The third-order valence-corrected chi connectivity index (χ3v) is 7.59. The van der Waals surface area contributed by atoms with Gasteiger partial charge in [-0.3, -0.25) is 4.90 Å². The van der Waals surface area contributed by atoms with E-state index in [0.29, 0.717) is 27.6 Å². The van der Waals surface area contributed by atoms with E-state index in [1.54, 1.807) is 18.2 Å². The first-order chi connectivity index (χ1) is 16.0. The summed E-state index contributed by atoms with van der Waals surface area (Å²) in [6, 6.07) is 15.9. The average molecular weight is 489 g/mol. The van der Waals surface area contributed by atoms with E-state index in [2.05, 4.69) is 52.4 Å². The van der Waals surface area contributed by atoms with Crippen molar-refractivity contribution in [1.82, 2.24) is 14.7 Å². The maximum absolute atomic E-state index is 12.6. The highest BCUT2D eigenvalue weighted by Gasteiger charge is 2.26. The van der Waals surface area contributed by atoms with Crippen molar-refractivity contribution in [3.8, 4) is 0 Å². The molecule has 0 bridgehead atoms. The van der Waals surface area contributed by atoms with Crippen LogP contribution in [0.4, 0.5) is 10.5 Å². The van der Waals surface area contributed by atoms with Crippen LogP contribution in [0, 0.1) is 5.92 Å². The van der Waals surface area contributed by atoms with Gasteiger partial charge in [0.05, 0.1) is 10.0 Å². The van der Waals surface area contributed by atoms with Crippen LogP contribution < -0.4 is 5.32 Å². The van der Waals surface area contributed by atoms with E-state index in [-0.39, 0.29) is 6.03 Å². The molecule has 2 fully saturated rings. The molecule has 0 spiro atoms. The van der Waals surface area contributed by atoms with E-state index in [1.165, 1.54) is 31.5 Å². The Morgan fingerprint density at radius 3 is 2.48 bits per heavy atom. The Morgan fingerprint density at radius 2 is 1.76 bits per heavy atom. The van der Waals surface area contributed by atoms with Crippen molar-refractivity contribution in [2.24, 2.45) is 5.92 Å². The highest BCUT2D eigenvalue weighted by Crippen LogP contribution is 2.26.